The van der Waals surface area contributed by atoms with Crippen molar-refractivity contribution in [3.8, 4) is 0 Å². The second kappa shape index (κ2) is 13.5. The molecule has 0 heterocycles. The number of carbonyl (C=O) groups is 2. The molecule has 40 heavy (non-hydrogen) atoms. The summed E-state index contributed by atoms with van der Waals surface area (Å²) in [6.07, 6.45) is 0.449. The van der Waals surface area contributed by atoms with Gasteiger partial charge in [0, 0.05) is 34.8 Å². The molecule has 3 aromatic carbocycles. The molecular formula is C30H34Cl2F2N4O2. The van der Waals surface area contributed by atoms with Gasteiger partial charge in [0.25, 0.3) is 0 Å². The summed E-state index contributed by atoms with van der Waals surface area (Å²) in [7, 11) is 0. The molecule has 6 nitrogen and oxygen atoms in total. The van der Waals surface area contributed by atoms with Crippen molar-refractivity contribution in [1.82, 2.24) is 5.32 Å². The van der Waals surface area contributed by atoms with E-state index in [-0.39, 0.29) is 39.6 Å². The first kappa shape index (κ1) is 31.5. The molecule has 0 saturated heterocycles. The molecule has 0 aliphatic carbocycles. The Morgan fingerprint density at radius 3 is 2.33 bits per heavy atom. The van der Waals surface area contributed by atoms with Crippen LogP contribution in [-0.2, 0) is 11.2 Å². The average Bonchev–Trinajstić information content (AvgIpc) is 2.87. The maximum atomic E-state index is 15.1. The number of hydrogen-bond donors (Lipinski definition) is 4. The van der Waals surface area contributed by atoms with E-state index < -0.39 is 41.5 Å². The molecule has 3 aromatic rings. The lowest BCUT2D eigenvalue weighted by Gasteiger charge is -2.35. The summed E-state index contributed by atoms with van der Waals surface area (Å²) in [5.41, 5.74) is 12.5. The Morgan fingerprint density at radius 1 is 1.00 bits per heavy atom. The van der Waals surface area contributed by atoms with Crippen LogP contribution in [0.3, 0.4) is 0 Å². The van der Waals surface area contributed by atoms with Crippen LogP contribution < -0.4 is 22.1 Å². The zero-order valence-electron chi connectivity index (χ0n) is 22.6. The number of nitrogens with two attached hydrogens (primary N) is 2. The first-order chi connectivity index (χ1) is 18.8. The quantitative estimate of drug-likeness (QED) is 0.217. The van der Waals surface area contributed by atoms with Crippen molar-refractivity contribution in [2.24, 2.45) is 16.9 Å². The van der Waals surface area contributed by atoms with Gasteiger partial charge in [0.15, 0.2) is 0 Å². The van der Waals surface area contributed by atoms with Crippen molar-refractivity contribution in [3.05, 3.63) is 99.0 Å². The molecule has 3 rings (SSSR count). The van der Waals surface area contributed by atoms with Gasteiger partial charge < -0.3 is 22.1 Å². The molecule has 0 saturated carbocycles. The van der Waals surface area contributed by atoms with Gasteiger partial charge >= 0.3 is 0 Å². The highest BCUT2D eigenvalue weighted by atomic mass is 35.5. The van der Waals surface area contributed by atoms with Gasteiger partial charge in [-0.05, 0) is 65.8 Å². The number of rotatable bonds is 11. The number of benzene rings is 3. The van der Waals surface area contributed by atoms with Crippen LogP contribution in [0.15, 0.2) is 60.7 Å². The molecule has 0 fully saturated rings. The number of primary amides is 1. The highest BCUT2D eigenvalue weighted by Gasteiger charge is 2.33. The third-order valence-electron chi connectivity index (χ3n) is 6.54. The minimum atomic E-state index is -0.984. The molecule has 10 heteroatoms. The minimum absolute atomic E-state index is 0.0607. The Morgan fingerprint density at radius 2 is 1.70 bits per heavy atom. The van der Waals surface area contributed by atoms with E-state index in [1.807, 2.05) is 20.8 Å². The zero-order chi connectivity index (χ0) is 29.6. The second-order valence-electron chi connectivity index (χ2n) is 10.9. The average molecular weight is 592 g/mol. The van der Waals surface area contributed by atoms with Crippen LogP contribution in [0.25, 0.3) is 0 Å². The van der Waals surface area contributed by atoms with Crippen LogP contribution in [-0.4, -0.2) is 30.4 Å². The predicted molar refractivity (Wildman–Crippen MR) is 157 cm³/mol. The lowest BCUT2D eigenvalue weighted by atomic mass is 9.79. The molecule has 0 aromatic heterocycles. The van der Waals surface area contributed by atoms with Crippen molar-refractivity contribution in [2.75, 3.05) is 11.9 Å². The van der Waals surface area contributed by atoms with Crippen LogP contribution in [0.2, 0.25) is 10.0 Å². The third-order valence-corrected chi connectivity index (χ3v) is 7.06. The topological polar surface area (TPSA) is 110 Å². The smallest absolute Gasteiger partial charge is 0.248 e. The van der Waals surface area contributed by atoms with Crippen LogP contribution in [0.5, 0.6) is 0 Å². The van der Waals surface area contributed by atoms with E-state index in [0.29, 0.717) is 17.7 Å². The van der Waals surface area contributed by atoms with Crippen molar-refractivity contribution < 1.29 is 18.4 Å². The summed E-state index contributed by atoms with van der Waals surface area (Å²) >= 11 is 12.0. The van der Waals surface area contributed by atoms with E-state index in [1.54, 1.807) is 36.4 Å². The van der Waals surface area contributed by atoms with Crippen molar-refractivity contribution >= 4 is 40.7 Å². The molecule has 0 spiro atoms. The number of amides is 2. The zero-order valence-corrected chi connectivity index (χ0v) is 24.1. The molecule has 0 aliphatic heterocycles. The molecule has 6 N–H and O–H groups in total. The predicted octanol–water partition coefficient (Wildman–Crippen LogP) is 6.06. The van der Waals surface area contributed by atoms with Gasteiger partial charge in [-0.2, -0.15) is 0 Å². The maximum absolute atomic E-state index is 15.1. The summed E-state index contributed by atoms with van der Waals surface area (Å²) < 4.78 is 30.0. The Hall–Kier alpha value is -3.04. The third kappa shape index (κ3) is 8.48. The summed E-state index contributed by atoms with van der Waals surface area (Å²) in [5.74, 6) is -2.81. The summed E-state index contributed by atoms with van der Waals surface area (Å²) in [4.78, 5) is 25.3. The molecule has 0 bridgehead atoms. The molecule has 0 radical (unpaired) electrons. The van der Waals surface area contributed by atoms with Gasteiger partial charge in [-0.3, -0.25) is 9.59 Å². The Kier molecular flexibility index (Phi) is 10.7. The van der Waals surface area contributed by atoms with Crippen LogP contribution in [0.4, 0.5) is 14.5 Å². The van der Waals surface area contributed by atoms with Gasteiger partial charge in [0.05, 0.1) is 11.1 Å². The van der Waals surface area contributed by atoms with Gasteiger partial charge in [0.1, 0.15) is 11.6 Å². The monoisotopic (exact) mass is 590 g/mol. The van der Waals surface area contributed by atoms with Crippen molar-refractivity contribution in [2.45, 2.75) is 51.6 Å². The molecular weight excluding hydrogens is 557 g/mol. The standard InChI is InChI=1S/C30H34Cl2F2N4O2/c1-30(2,3)15-26(22(16-35)21-11-10-19(31)14-24(21)33)38-25(13-17-6-5-9-23(32)27(17)34)29(40)37-20-8-4-7-18(12-20)28(36)39/h4-12,14,22,25-26,38H,13,15-16,35H2,1-3H3,(H2,36,39)(H,37,40). The normalized spacial score (nSPS) is 13.9. The summed E-state index contributed by atoms with van der Waals surface area (Å²) in [6.45, 7) is 6.14. The number of anilines is 1. The fourth-order valence-corrected chi connectivity index (χ4v) is 5.03. The number of nitrogens with one attached hydrogen (secondary N) is 2. The van der Waals surface area contributed by atoms with Crippen LogP contribution in [0.1, 0.15) is 54.6 Å². The number of hydrogen-bond acceptors (Lipinski definition) is 4. The van der Waals surface area contributed by atoms with Crippen molar-refractivity contribution in [1.29, 1.82) is 0 Å². The summed E-state index contributed by atoms with van der Waals surface area (Å²) in [6, 6.07) is 13.7. The highest BCUT2D eigenvalue weighted by Crippen LogP contribution is 2.32. The first-order valence-corrected chi connectivity index (χ1v) is 13.6. The first-order valence-electron chi connectivity index (χ1n) is 12.8. The van der Waals surface area contributed by atoms with E-state index in [9.17, 15) is 14.0 Å². The second-order valence-corrected chi connectivity index (χ2v) is 11.8. The Balaban J connectivity index is 2.03. The molecule has 3 unspecified atom stereocenters. The summed E-state index contributed by atoms with van der Waals surface area (Å²) in [5, 5.41) is 6.33. The van der Waals surface area contributed by atoms with Gasteiger partial charge in [-0.15, -0.1) is 0 Å². The highest BCUT2D eigenvalue weighted by molar-refractivity contribution is 6.31. The molecule has 3 atom stereocenters. The van der Waals surface area contributed by atoms with Crippen LogP contribution >= 0.6 is 23.2 Å². The van der Waals surface area contributed by atoms with E-state index in [2.05, 4.69) is 10.6 Å². The molecule has 2 amide bonds. The lowest BCUT2D eigenvalue weighted by Crippen LogP contribution is -2.51. The Bertz CT molecular complexity index is 1360. The fraction of sp³-hybridized carbons (Fsp3) is 0.333. The molecule has 0 aliphatic rings. The number of carbonyl (C=O) groups excluding carboxylic acids is 2. The largest absolute Gasteiger partial charge is 0.366 e. The van der Waals surface area contributed by atoms with E-state index in [1.165, 1.54) is 24.3 Å². The lowest BCUT2D eigenvalue weighted by molar-refractivity contribution is -0.118. The maximum Gasteiger partial charge on any atom is 0.248 e. The van der Waals surface area contributed by atoms with E-state index >= 15 is 4.39 Å². The fourth-order valence-electron chi connectivity index (χ4n) is 4.68. The SMILES string of the molecule is CC(C)(C)CC(NC(Cc1cccc(Cl)c1F)C(=O)Nc1cccc(C(N)=O)c1)C(CN)c1ccc(Cl)cc1F. The van der Waals surface area contributed by atoms with Gasteiger partial charge in [0.2, 0.25) is 11.8 Å². The van der Waals surface area contributed by atoms with Gasteiger partial charge in [-0.25, -0.2) is 8.78 Å². The van der Waals surface area contributed by atoms with Crippen molar-refractivity contribution in [3.63, 3.8) is 0 Å². The van der Waals surface area contributed by atoms with E-state index in [4.69, 9.17) is 34.7 Å². The minimum Gasteiger partial charge on any atom is -0.366 e. The van der Waals surface area contributed by atoms with E-state index in [0.717, 1.165) is 0 Å². The van der Waals surface area contributed by atoms with Crippen LogP contribution in [0, 0.1) is 17.0 Å². The molecule has 214 valence electrons. The van der Waals surface area contributed by atoms with Gasteiger partial charge in [-0.1, -0.05) is 68.2 Å². The number of halogens is 4. The Labute approximate surface area is 243 Å².